The van der Waals surface area contributed by atoms with Crippen LogP contribution in [0.15, 0.2) is 18.3 Å². The molecule has 0 aliphatic heterocycles. The van der Waals surface area contributed by atoms with E-state index in [1.54, 1.807) is 14.0 Å². The number of ether oxygens (including phenoxy) is 2. The maximum atomic E-state index is 12.8. The number of rotatable bonds is 14. The number of hydrogen-bond donors (Lipinski definition) is 0. The Morgan fingerprint density at radius 1 is 1.29 bits per heavy atom. The van der Waals surface area contributed by atoms with Crippen molar-refractivity contribution in [3.05, 3.63) is 29.6 Å². The highest BCUT2D eigenvalue weighted by Gasteiger charge is 2.42. The predicted octanol–water partition coefficient (Wildman–Crippen LogP) is 5.38. The quantitative estimate of drug-likeness (QED) is 0.401. The molecule has 0 spiro atoms. The second-order valence-corrected chi connectivity index (χ2v) is 9.04. The highest BCUT2D eigenvalue weighted by Crippen LogP contribution is 2.34. The fraction of sp³-hybridized carbons (Fsp3) is 0.750. The summed E-state index contributed by atoms with van der Waals surface area (Å²) in [5.41, 5.74) is 1.36. The monoisotopic (exact) mass is 389 g/mol. The van der Waals surface area contributed by atoms with Gasteiger partial charge in [0.25, 0.3) is 0 Å². The maximum Gasteiger partial charge on any atom is 0.162 e. The number of aromatic nitrogens is 1. The second-order valence-electron chi connectivity index (χ2n) is 9.04. The first-order valence-corrected chi connectivity index (χ1v) is 10.9. The maximum absolute atomic E-state index is 12.8. The van der Waals surface area contributed by atoms with Gasteiger partial charge in [-0.05, 0) is 61.6 Å². The summed E-state index contributed by atoms with van der Waals surface area (Å²) < 4.78 is 11.3. The molecule has 2 rings (SSSR count). The number of carbonyl (C=O) groups excluding carboxylic acids is 1. The van der Waals surface area contributed by atoms with Crippen molar-refractivity contribution < 1.29 is 14.3 Å². The molecular weight excluding hydrogens is 350 g/mol. The molecule has 0 bridgehead atoms. The van der Waals surface area contributed by atoms with Gasteiger partial charge in [-0.3, -0.25) is 9.78 Å². The van der Waals surface area contributed by atoms with E-state index in [0.717, 1.165) is 30.9 Å². The van der Waals surface area contributed by atoms with E-state index in [0.29, 0.717) is 12.3 Å². The van der Waals surface area contributed by atoms with E-state index in [2.05, 4.69) is 37.9 Å². The van der Waals surface area contributed by atoms with E-state index in [9.17, 15) is 4.79 Å². The predicted molar refractivity (Wildman–Crippen MR) is 113 cm³/mol. The Balaban J connectivity index is 2.13. The lowest BCUT2D eigenvalue weighted by molar-refractivity contribution is -0.173. The fourth-order valence-electron chi connectivity index (χ4n) is 3.97. The minimum atomic E-state index is -0.884. The summed E-state index contributed by atoms with van der Waals surface area (Å²) in [5, 5.41) is 0. The lowest BCUT2D eigenvalue weighted by Crippen LogP contribution is -2.49. The number of ketones is 1. The van der Waals surface area contributed by atoms with Gasteiger partial charge in [0.15, 0.2) is 5.78 Å². The molecule has 4 heteroatoms. The standard InChI is InChI=1S/C24H39NO3/c1-18(2)9-10-19(3)24(20(4)26,28-17-27-5)16-23-15-22(13-14-25-23)8-6-7-21-11-12-21/h13-15,18-19,21H,6-12,16-17H2,1-5H3. The number of methoxy groups -OCH3 is 1. The van der Waals surface area contributed by atoms with Crippen molar-refractivity contribution >= 4 is 5.78 Å². The Kier molecular flexibility index (Phi) is 9.10. The van der Waals surface area contributed by atoms with Gasteiger partial charge in [0.05, 0.1) is 0 Å². The van der Waals surface area contributed by atoms with Crippen molar-refractivity contribution in [3.8, 4) is 0 Å². The van der Waals surface area contributed by atoms with Crippen molar-refractivity contribution in [2.45, 2.75) is 84.7 Å². The molecule has 4 nitrogen and oxygen atoms in total. The number of hydrogen-bond acceptors (Lipinski definition) is 4. The number of Topliss-reactive ketones (excluding diaryl/α,β-unsaturated/α-hetero) is 1. The number of pyridine rings is 1. The molecule has 1 saturated carbocycles. The average molecular weight is 390 g/mol. The third-order valence-corrected chi connectivity index (χ3v) is 6.10. The largest absolute Gasteiger partial charge is 0.359 e. The minimum absolute atomic E-state index is 0.0572. The highest BCUT2D eigenvalue weighted by molar-refractivity contribution is 5.85. The van der Waals surface area contributed by atoms with Crippen LogP contribution in [-0.2, 0) is 27.1 Å². The zero-order chi connectivity index (χ0) is 20.6. The van der Waals surface area contributed by atoms with E-state index in [1.165, 1.54) is 31.2 Å². The highest BCUT2D eigenvalue weighted by atomic mass is 16.7. The Morgan fingerprint density at radius 3 is 2.64 bits per heavy atom. The Labute approximate surface area is 171 Å². The van der Waals surface area contributed by atoms with Crippen LogP contribution in [0.25, 0.3) is 0 Å². The van der Waals surface area contributed by atoms with Crippen LogP contribution in [0.3, 0.4) is 0 Å². The SMILES string of the molecule is COCOC(Cc1cc(CCCC2CC2)ccn1)(C(C)=O)C(C)CCC(C)C. The Morgan fingerprint density at radius 2 is 2.04 bits per heavy atom. The average Bonchev–Trinajstić information content (AvgIpc) is 3.47. The van der Waals surface area contributed by atoms with Crippen LogP contribution in [-0.4, -0.2) is 30.3 Å². The van der Waals surface area contributed by atoms with Crippen molar-refractivity contribution in [3.63, 3.8) is 0 Å². The van der Waals surface area contributed by atoms with E-state index in [-0.39, 0.29) is 18.5 Å². The van der Waals surface area contributed by atoms with Gasteiger partial charge < -0.3 is 9.47 Å². The summed E-state index contributed by atoms with van der Waals surface area (Å²) in [4.78, 5) is 17.4. The molecule has 1 heterocycles. The molecule has 0 radical (unpaired) electrons. The normalized spacial score (nSPS) is 17.5. The van der Waals surface area contributed by atoms with Crippen molar-refractivity contribution in [2.24, 2.45) is 17.8 Å². The smallest absolute Gasteiger partial charge is 0.162 e. The lowest BCUT2D eigenvalue weighted by atomic mass is 9.77. The molecule has 158 valence electrons. The van der Waals surface area contributed by atoms with Crippen LogP contribution >= 0.6 is 0 Å². The topological polar surface area (TPSA) is 48.4 Å². The molecule has 2 unspecified atom stereocenters. The van der Waals surface area contributed by atoms with Gasteiger partial charge in [-0.25, -0.2) is 0 Å². The summed E-state index contributed by atoms with van der Waals surface area (Å²) in [7, 11) is 1.60. The summed E-state index contributed by atoms with van der Waals surface area (Å²) in [5.74, 6) is 1.72. The molecular formula is C24H39NO3. The zero-order valence-electron chi connectivity index (χ0n) is 18.5. The molecule has 0 saturated heterocycles. The van der Waals surface area contributed by atoms with E-state index < -0.39 is 5.60 Å². The summed E-state index contributed by atoms with van der Waals surface area (Å²) in [6.07, 6.45) is 10.9. The first kappa shape index (κ1) is 23.0. The summed E-state index contributed by atoms with van der Waals surface area (Å²) in [6, 6.07) is 4.26. The van der Waals surface area contributed by atoms with E-state index >= 15 is 0 Å². The minimum Gasteiger partial charge on any atom is -0.359 e. The zero-order valence-corrected chi connectivity index (χ0v) is 18.5. The third-order valence-electron chi connectivity index (χ3n) is 6.10. The molecule has 0 aromatic carbocycles. The summed E-state index contributed by atoms with van der Waals surface area (Å²) in [6.45, 7) is 8.31. The molecule has 1 aromatic rings. The molecule has 1 aliphatic carbocycles. The van der Waals surface area contributed by atoms with Crippen LogP contribution in [0.4, 0.5) is 0 Å². The van der Waals surface area contributed by atoms with E-state index in [1.807, 2.05) is 6.20 Å². The number of carbonyl (C=O) groups is 1. The van der Waals surface area contributed by atoms with Crippen LogP contribution in [0, 0.1) is 17.8 Å². The molecule has 0 amide bonds. The summed E-state index contributed by atoms with van der Waals surface area (Å²) >= 11 is 0. The third kappa shape index (κ3) is 6.97. The van der Waals surface area contributed by atoms with Gasteiger partial charge in [-0.1, -0.05) is 46.5 Å². The van der Waals surface area contributed by atoms with Crippen LogP contribution in [0.5, 0.6) is 0 Å². The molecule has 2 atom stereocenters. The van der Waals surface area contributed by atoms with Crippen molar-refractivity contribution in [1.29, 1.82) is 0 Å². The molecule has 1 aliphatic rings. The molecule has 1 fully saturated rings. The van der Waals surface area contributed by atoms with Gasteiger partial charge in [-0.15, -0.1) is 0 Å². The number of nitrogens with zero attached hydrogens (tertiary/aromatic N) is 1. The number of aryl methyl sites for hydroxylation is 1. The first-order valence-electron chi connectivity index (χ1n) is 10.9. The van der Waals surface area contributed by atoms with Crippen molar-refractivity contribution in [1.82, 2.24) is 4.98 Å². The molecule has 28 heavy (non-hydrogen) atoms. The van der Waals surface area contributed by atoms with Crippen LogP contribution in [0.1, 0.15) is 77.5 Å². The van der Waals surface area contributed by atoms with Gasteiger partial charge in [0, 0.05) is 25.4 Å². The first-order chi connectivity index (χ1) is 13.4. The molecule has 1 aromatic heterocycles. The van der Waals surface area contributed by atoms with Gasteiger partial charge >= 0.3 is 0 Å². The lowest BCUT2D eigenvalue weighted by Gasteiger charge is -2.37. The Hall–Kier alpha value is -1.26. The molecule has 0 N–H and O–H groups in total. The Bertz CT molecular complexity index is 612. The van der Waals surface area contributed by atoms with E-state index in [4.69, 9.17) is 9.47 Å². The second kappa shape index (κ2) is 11.1. The fourth-order valence-corrected chi connectivity index (χ4v) is 3.97. The van der Waals surface area contributed by atoms with Crippen LogP contribution in [0.2, 0.25) is 0 Å². The van der Waals surface area contributed by atoms with Crippen molar-refractivity contribution in [2.75, 3.05) is 13.9 Å². The van der Waals surface area contributed by atoms with Gasteiger partial charge in [0.2, 0.25) is 0 Å². The van der Waals surface area contributed by atoms with Gasteiger partial charge in [-0.2, -0.15) is 0 Å². The van der Waals surface area contributed by atoms with Crippen LogP contribution < -0.4 is 0 Å². The van der Waals surface area contributed by atoms with Gasteiger partial charge in [0.1, 0.15) is 12.4 Å².